The Morgan fingerprint density at radius 1 is 0.933 bits per heavy atom. The Balaban J connectivity index is 1.26. The lowest BCUT2D eigenvalue weighted by Gasteiger charge is -2.36. The Hall–Kier alpha value is -2.57. The van der Waals surface area contributed by atoms with E-state index >= 15 is 0 Å². The van der Waals surface area contributed by atoms with E-state index in [4.69, 9.17) is 11.6 Å². The number of carbonyl (C=O) groups is 1. The molecule has 4 rings (SSSR count). The number of nitrogens with zero attached hydrogens (tertiary/aromatic N) is 4. The topological polar surface area (TPSA) is 49.3 Å². The van der Waals surface area contributed by atoms with Gasteiger partial charge < -0.3 is 9.80 Å². The normalized spacial score (nSPS) is 14.1. The summed E-state index contributed by atoms with van der Waals surface area (Å²) in [7, 11) is 0. The van der Waals surface area contributed by atoms with Crippen LogP contribution in [0.1, 0.15) is 5.56 Å². The first-order valence-electron chi connectivity index (χ1n) is 9.90. The summed E-state index contributed by atoms with van der Waals surface area (Å²) in [5, 5.41) is 10.1. The van der Waals surface area contributed by atoms with E-state index in [0.29, 0.717) is 5.75 Å². The van der Waals surface area contributed by atoms with Crippen molar-refractivity contribution in [2.45, 2.75) is 11.9 Å². The molecule has 1 aliphatic heterocycles. The van der Waals surface area contributed by atoms with Crippen molar-refractivity contribution in [1.29, 1.82) is 0 Å². The molecule has 0 spiro atoms. The first-order valence-corrected chi connectivity index (χ1v) is 11.3. The van der Waals surface area contributed by atoms with E-state index in [9.17, 15) is 4.79 Å². The summed E-state index contributed by atoms with van der Waals surface area (Å²) in [6.45, 7) is 5.15. The van der Waals surface area contributed by atoms with Gasteiger partial charge in [0.2, 0.25) is 5.91 Å². The molecule has 7 heteroatoms. The highest BCUT2D eigenvalue weighted by atomic mass is 35.5. The molecule has 0 saturated carbocycles. The number of anilines is 1. The number of thioether (sulfide) groups is 1. The molecule has 2 aromatic carbocycles. The summed E-state index contributed by atoms with van der Waals surface area (Å²) in [4.78, 5) is 16.8. The van der Waals surface area contributed by atoms with E-state index in [0.717, 1.165) is 53.2 Å². The largest absolute Gasteiger partial charge is 0.368 e. The third-order valence-electron chi connectivity index (χ3n) is 5.16. The second-order valence-electron chi connectivity index (χ2n) is 7.26. The number of hydrogen-bond donors (Lipinski definition) is 0. The quantitative estimate of drug-likeness (QED) is 0.547. The number of carbonyl (C=O) groups excluding carboxylic acids is 1. The molecule has 1 saturated heterocycles. The second-order valence-corrected chi connectivity index (χ2v) is 8.69. The average Bonchev–Trinajstić information content (AvgIpc) is 2.79. The van der Waals surface area contributed by atoms with Gasteiger partial charge in [-0.2, -0.15) is 0 Å². The van der Waals surface area contributed by atoms with Crippen LogP contribution in [-0.2, 0) is 4.79 Å². The number of piperazine rings is 1. The number of benzene rings is 2. The van der Waals surface area contributed by atoms with E-state index < -0.39 is 0 Å². The minimum Gasteiger partial charge on any atom is -0.368 e. The Morgan fingerprint density at radius 2 is 1.63 bits per heavy atom. The van der Waals surface area contributed by atoms with Crippen molar-refractivity contribution in [3.8, 4) is 11.3 Å². The zero-order valence-corrected chi connectivity index (χ0v) is 18.4. The van der Waals surface area contributed by atoms with Gasteiger partial charge in [-0.3, -0.25) is 4.79 Å². The van der Waals surface area contributed by atoms with Crippen LogP contribution in [0.2, 0.25) is 5.02 Å². The first-order chi connectivity index (χ1) is 14.6. The summed E-state index contributed by atoms with van der Waals surface area (Å²) in [6, 6.07) is 19.9. The minimum absolute atomic E-state index is 0.139. The summed E-state index contributed by atoms with van der Waals surface area (Å²) in [5.41, 5.74) is 4.24. The maximum absolute atomic E-state index is 12.6. The van der Waals surface area contributed by atoms with E-state index in [1.54, 1.807) is 0 Å². The predicted molar refractivity (Wildman–Crippen MR) is 123 cm³/mol. The summed E-state index contributed by atoms with van der Waals surface area (Å²) >= 11 is 7.40. The van der Waals surface area contributed by atoms with E-state index in [-0.39, 0.29) is 5.91 Å². The van der Waals surface area contributed by atoms with Gasteiger partial charge in [-0.15, -0.1) is 10.2 Å². The molecular formula is C23H23ClN4OS. The molecule has 1 aliphatic rings. The molecule has 1 aromatic heterocycles. The predicted octanol–water partition coefficient (Wildman–Crippen LogP) is 4.55. The van der Waals surface area contributed by atoms with E-state index in [2.05, 4.69) is 34.2 Å². The average molecular weight is 439 g/mol. The Labute approximate surface area is 186 Å². The van der Waals surface area contributed by atoms with Gasteiger partial charge >= 0.3 is 0 Å². The SMILES string of the molecule is Cc1ccc(-c2ccc(SCC(=O)N3CCN(c4ccc(Cl)cc4)CC3)nn2)cc1. The molecule has 30 heavy (non-hydrogen) atoms. The van der Waals surface area contributed by atoms with Crippen LogP contribution in [-0.4, -0.2) is 52.9 Å². The fourth-order valence-corrected chi connectivity index (χ4v) is 4.21. The van der Waals surface area contributed by atoms with Crippen LogP contribution in [0, 0.1) is 6.92 Å². The number of aryl methyl sites for hydroxylation is 1. The molecular weight excluding hydrogens is 416 g/mol. The standard InChI is InChI=1S/C23H23ClN4OS/c1-17-2-4-18(5-3-17)21-10-11-22(26-25-21)30-16-23(29)28-14-12-27(13-15-28)20-8-6-19(24)7-9-20/h2-11H,12-16H2,1H3. The zero-order valence-electron chi connectivity index (χ0n) is 16.8. The van der Waals surface area contributed by atoms with Gasteiger partial charge in [-0.1, -0.05) is 53.2 Å². The molecule has 0 aliphatic carbocycles. The molecule has 0 unspecified atom stereocenters. The fourth-order valence-electron chi connectivity index (χ4n) is 3.37. The molecule has 0 bridgehead atoms. The van der Waals surface area contributed by atoms with Gasteiger partial charge in [0.1, 0.15) is 5.03 Å². The fraction of sp³-hybridized carbons (Fsp3) is 0.261. The van der Waals surface area contributed by atoms with Crippen LogP contribution in [0.25, 0.3) is 11.3 Å². The van der Waals surface area contributed by atoms with Crippen LogP contribution >= 0.6 is 23.4 Å². The number of halogens is 1. The number of rotatable bonds is 5. The van der Waals surface area contributed by atoms with E-state index in [1.165, 1.54) is 17.3 Å². The van der Waals surface area contributed by atoms with Gasteiger partial charge in [0.15, 0.2) is 0 Å². The van der Waals surface area contributed by atoms with Crippen LogP contribution in [0.5, 0.6) is 0 Å². The monoisotopic (exact) mass is 438 g/mol. The summed E-state index contributed by atoms with van der Waals surface area (Å²) in [6.07, 6.45) is 0. The Kier molecular flexibility index (Phi) is 6.55. The smallest absolute Gasteiger partial charge is 0.233 e. The molecule has 0 radical (unpaired) electrons. The third kappa shape index (κ3) is 5.12. The Bertz CT molecular complexity index is 985. The second kappa shape index (κ2) is 9.49. The van der Waals surface area contributed by atoms with Crippen LogP contribution < -0.4 is 4.90 Å². The molecule has 3 aromatic rings. The highest BCUT2D eigenvalue weighted by Gasteiger charge is 2.21. The summed E-state index contributed by atoms with van der Waals surface area (Å²) in [5.74, 6) is 0.514. The molecule has 0 atom stereocenters. The lowest BCUT2D eigenvalue weighted by atomic mass is 10.1. The highest BCUT2D eigenvalue weighted by Crippen LogP contribution is 2.22. The lowest BCUT2D eigenvalue weighted by Crippen LogP contribution is -2.49. The van der Waals surface area contributed by atoms with Crippen molar-refractivity contribution in [3.63, 3.8) is 0 Å². The molecule has 1 fully saturated rings. The summed E-state index contributed by atoms with van der Waals surface area (Å²) < 4.78 is 0. The van der Waals surface area contributed by atoms with Crippen LogP contribution in [0.3, 0.4) is 0 Å². The van der Waals surface area contributed by atoms with Crippen molar-refractivity contribution in [2.24, 2.45) is 0 Å². The van der Waals surface area contributed by atoms with Crippen molar-refractivity contribution in [2.75, 3.05) is 36.8 Å². The highest BCUT2D eigenvalue weighted by molar-refractivity contribution is 7.99. The van der Waals surface area contributed by atoms with Crippen LogP contribution in [0.4, 0.5) is 5.69 Å². The minimum atomic E-state index is 0.139. The van der Waals surface area contributed by atoms with Crippen molar-refractivity contribution in [1.82, 2.24) is 15.1 Å². The number of amides is 1. The van der Waals surface area contributed by atoms with Gasteiger partial charge in [0.05, 0.1) is 11.4 Å². The molecule has 2 heterocycles. The third-order valence-corrected chi connectivity index (χ3v) is 6.31. The molecule has 1 amide bonds. The van der Waals surface area contributed by atoms with Crippen molar-refractivity contribution < 1.29 is 4.79 Å². The number of aromatic nitrogens is 2. The first kappa shape index (κ1) is 20.7. The Morgan fingerprint density at radius 3 is 2.27 bits per heavy atom. The molecule has 5 nitrogen and oxygen atoms in total. The van der Waals surface area contributed by atoms with Crippen molar-refractivity contribution >= 4 is 35.0 Å². The number of hydrogen-bond acceptors (Lipinski definition) is 5. The molecule has 154 valence electrons. The maximum atomic E-state index is 12.6. The van der Waals surface area contributed by atoms with Crippen LogP contribution in [0.15, 0.2) is 65.7 Å². The maximum Gasteiger partial charge on any atom is 0.233 e. The zero-order chi connectivity index (χ0) is 20.9. The van der Waals surface area contributed by atoms with Gasteiger partial charge in [0.25, 0.3) is 0 Å². The van der Waals surface area contributed by atoms with Gasteiger partial charge in [0, 0.05) is 42.5 Å². The van der Waals surface area contributed by atoms with E-state index in [1.807, 2.05) is 53.4 Å². The van der Waals surface area contributed by atoms with Crippen molar-refractivity contribution in [3.05, 3.63) is 71.2 Å². The molecule has 0 N–H and O–H groups in total. The van der Waals surface area contributed by atoms with Gasteiger partial charge in [-0.25, -0.2) is 0 Å². The van der Waals surface area contributed by atoms with Gasteiger partial charge in [-0.05, 0) is 43.3 Å². The lowest BCUT2D eigenvalue weighted by molar-refractivity contribution is -0.128.